The van der Waals surface area contributed by atoms with Gasteiger partial charge in [0.1, 0.15) is 9.91 Å². The van der Waals surface area contributed by atoms with Gasteiger partial charge in [0.25, 0.3) is 0 Å². The summed E-state index contributed by atoms with van der Waals surface area (Å²) in [5.74, 6) is 0. The van der Waals surface area contributed by atoms with Crippen LogP contribution in [0.15, 0.2) is 68.9 Å². The molecule has 1 aromatic carbocycles. The Balaban J connectivity index is 1.90. The molecule has 2 heterocycles. The summed E-state index contributed by atoms with van der Waals surface area (Å²) in [4.78, 5) is 0. The summed E-state index contributed by atoms with van der Waals surface area (Å²) in [6.45, 7) is 1.80. The van der Waals surface area contributed by atoms with Gasteiger partial charge in [-0.05, 0) is 23.5 Å². The Bertz CT molecular complexity index is 794. The number of thiophene rings is 1. The number of azo groups is 2. The third-order valence-corrected chi connectivity index (χ3v) is 5.52. The molecule has 3 rings (SSSR count). The molecular weight excluding hydrogens is 308 g/mol. The summed E-state index contributed by atoms with van der Waals surface area (Å²) >= 11 is 1.13. The molecule has 21 heavy (non-hydrogen) atoms. The van der Waals surface area contributed by atoms with E-state index in [-0.39, 0.29) is 4.21 Å². The summed E-state index contributed by atoms with van der Waals surface area (Å²) in [5.41, 5.74) is 1.49. The Morgan fingerprint density at radius 1 is 1.19 bits per heavy atom. The second-order valence-electron chi connectivity index (χ2n) is 4.46. The van der Waals surface area contributed by atoms with E-state index in [1.165, 1.54) is 6.07 Å². The zero-order chi connectivity index (χ0) is 14.9. The first kappa shape index (κ1) is 14.1. The highest BCUT2D eigenvalue weighted by atomic mass is 32.3. The molecule has 1 aliphatic heterocycles. The van der Waals surface area contributed by atoms with Gasteiger partial charge in [-0.2, -0.15) is 12.6 Å². The second-order valence-corrected chi connectivity index (χ2v) is 7.21. The van der Waals surface area contributed by atoms with E-state index in [1.54, 1.807) is 29.1 Å². The van der Waals surface area contributed by atoms with Gasteiger partial charge in [-0.15, -0.1) is 11.3 Å². The Labute approximate surface area is 126 Å². The van der Waals surface area contributed by atoms with E-state index in [9.17, 15) is 8.42 Å². The van der Waals surface area contributed by atoms with Crippen LogP contribution >= 0.6 is 11.3 Å². The van der Waals surface area contributed by atoms with Crippen LogP contribution in [0, 0.1) is 0 Å². The molecule has 5 nitrogen and oxygen atoms in total. The molecule has 0 amide bonds. The smallest absolute Gasteiger partial charge is 0.193 e. The van der Waals surface area contributed by atoms with Gasteiger partial charge < -0.3 is 0 Å². The van der Waals surface area contributed by atoms with Crippen LogP contribution in [-0.2, 0) is 14.3 Å². The average Bonchev–Trinajstić information content (AvgIpc) is 3.09. The summed E-state index contributed by atoms with van der Waals surface area (Å²) in [6, 6.07) is 12.5. The molecule has 0 saturated carbocycles. The van der Waals surface area contributed by atoms with Crippen LogP contribution in [0.25, 0.3) is 0 Å². The molecule has 0 N–H and O–H groups in total. The molecule has 0 saturated heterocycles. The maximum atomic E-state index is 12.2. The van der Waals surface area contributed by atoms with Crippen LogP contribution in [0.3, 0.4) is 0 Å². The molecule has 7 heteroatoms. The van der Waals surface area contributed by atoms with Gasteiger partial charge in [0.15, 0.2) is 0 Å². The number of benzene rings is 1. The van der Waals surface area contributed by atoms with Crippen molar-refractivity contribution in [2.24, 2.45) is 5.11 Å². The van der Waals surface area contributed by atoms with Crippen LogP contribution in [0.4, 0.5) is 5.69 Å². The Kier molecular flexibility index (Phi) is 3.71. The molecular formula is C14H13N2O3S2+. The third-order valence-electron chi connectivity index (χ3n) is 2.88. The van der Waals surface area contributed by atoms with Gasteiger partial charge in [-0.3, -0.25) is 0 Å². The normalized spacial score (nSPS) is 18.4. The van der Waals surface area contributed by atoms with E-state index in [2.05, 4.69) is 5.11 Å². The lowest BCUT2D eigenvalue weighted by atomic mass is 10.3. The highest BCUT2D eigenvalue weighted by Crippen LogP contribution is 2.27. The Morgan fingerprint density at radius 3 is 2.62 bits per heavy atom. The summed E-state index contributed by atoms with van der Waals surface area (Å²) < 4.78 is 31.5. The second kappa shape index (κ2) is 5.51. The van der Waals surface area contributed by atoms with E-state index in [1.807, 2.05) is 30.3 Å². The standard InChI is InChI=1S/C14H13N2O3S2/c1-11-10-13(16(15-11)12-6-3-2-4-7-12)19-21(17,18)14-8-5-9-20-14/h2-10,13H,1H3/q+1. The number of hydrogen-bond donors (Lipinski definition) is 0. The van der Waals surface area contributed by atoms with E-state index >= 15 is 0 Å². The van der Waals surface area contributed by atoms with Gasteiger partial charge >= 0.3 is 16.3 Å². The average molecular weight is 321 g/mol. The minimum atomic E-state index is -3.79. The lowest BCUT2D eigenvalue weighted by molar-refractivity contribution is -0.566. The maximum absolute atomic E-state index is 12.2. The van der Waals surface area contributed by atoms with Gasteiger partial charge in [0.05, 0.1) is 0 Å². The van der Waals surface area contributed by atoms with Crippen LogP contribution in [0.5, 0.6) is 0 Å². The first-order chi connectivity index (χ1) is 10.1. The van der Waals surface area contributed by atoms with Crippen molar-refractivity contribution < 1.29 is 17.3 Å². The van der Waals surface area contributed by atoms with Crippen molar-refractivity contribution in [2.45, 2.75) is 17.4 Å². The minimum absolute atomic E-state index is 0.188. The lowest BCUT2D eigenvalue weighted by Gasteiger charge is -2.06. The fourth-order valence-corrected chi connectivity index (χ4v) is 3.92. The van der Waals surface area contributed by atoms with Crippen LogP contribution in [0.2, 0.25) is 0 Å². The maximum Gasteiger partial charge on any atom is 0.325 e. The molecule has 1 unspecified atom stereocenters. The SMILES string of the molecule is CC1=CC(OS(=O)(=O)c2cccs2)[N+](c2ccccc2)=N1. The van der Waals surface area contributed by atoms with Crippen LogP contribution < -0.4 is 0 Å². The zero-order valence-electron chi connectivity index (χ0n) is 11.2. The molecule has 0 aliphatic carbocycles. The van der Waals surface area contributed by atoms with Crippen molar-refractivity contribution in [1.29, 1.82) is 0 Å². The molecule has 1 aliphatic rings. The molecule has 2 aromatic rings. The number of hydrogen-bond acceptors (Lipinski definition) is 5. The summed E-state index contributed by atoms with van der Waals surface area (Å²) in [6.07, 6.45) is 0.914. The van der Waals surface area contributed by atoms with Crippen molar-refractivity contribution in [3.63, 3.8) is 0 Å². The fraction of sp³-hybridized carbons (Fsp3) is 0.143. The van der Waals surface area contributed by atoms with Gasteiger partial charge in [-0.1, -0.05) is 29.0 Å². The van der Waals surface area contributed by atoms with Gasteiger partial charge in [0.2, 0.25) is 5.69 Å². The van der Waals surface area contributed by atoms with Crippen molar-refractivity contribution in [1.82, 2.24) is 0 Å². The van der Waals surface area contributed by atoms with Crippen molar-refractivity contribution in [3.05, 3.63) is 59.6 Å². The number of para-hydroxylation sites is 1. The van der Waals surface area contributed by atoms with E-state index in [0.717, 1.165) is 17.0 Å². The molecule has 0 spiro atoms. The van der Waals surface area contributed by atoms with E-state index in [0.29, 0.717) is 5.70 Å². The summed E-state index contributed by atoms with van der Waals surface area (Å²) in [7, 11) is -3.79. The fourth-order valence-electron chi connectivity index (χ4n) is 1.97. The topological polar surface area (TPSA) is 58.7 Å². The highest BCUT2D eigenvalue weighted by molar-refractivity contribution is 7.89. The monoisotopic (exact) mass is 321 g/mol. The Morgan fingerprint density at radius 2 is 1.95 bits per heavy atom. The molecule has 0 bridgehead atoms. The van der Waals surface area contributed by atoms with Crippen molar-refractivity contribution in [3.8, 4) is 0 Å². The van der Waals surface area contributed by atoms with E-state index in [4.69, 9.17) is 4.18 Å². The van der Waals surface area contributed by atoms with Gasteiger partial charge in [0, 0.05) is 18.2 Å². The number of nitrogens with zero attached hydrogens (tertiary/aromatic N) is 2. The van der Waals surface area contributed by atoms with Crippen molar-refractivity contribution >= 4 is 27.1 Å². The number of rotatable bonds is 4. The molecule has 108 valence electrons. The van der Waals surface area contributed by atoms with E-state index < -0.39 is 16.3 Å². The van der Waals surface area contributed by atoms with Crippen LogP contribution in [0.1, 0.15) is 6.92 Å². The first-order valence-corrected chi connectivity index (χ1v) is 8.56. The zero-order valence-corrected chi connectivity index (χ0v) is 12.8. The minimum Gasteiger partial charge on any atom is -0.193 e. The van der Waals surface area contributed by atoms with Gasteiger partial charge in [-0.25, -0.2) is 0 Å². The highest BCUT2D eigenvalue weighted by Gasteiger charge is 2.35. The first-order valence-electron chi connectivity index (χ1n) is 6.27. The molecule has 1 atom stereocenters. The molecule has 1 aromatic heterocycles. The quantitative estimate of drug-likeness (QED) is 0.640. The predicted molar refractivity (Wildman–Crippen MR) is 78.9 cm³/mol. The molecule has 0 fully saturated rings. The molecule has 0 radical (unpaired) electrons. The lowest BCUT2D eigenvalue weighted by Crippen LogP contribution is -2.23. The van der Waals surface area contributed by atoms with Crippen LogP contribution in [-0.4, -0.2) is 19.3 Å². The third kappa shape index (κ3) is 2.94. The Hall–Kier alpha value is -1.83. The largest absolute Gasteiger partial charge is 0.325 e. The predicted octanol–water partition coefficient (Wildman–Crippen LogP) is 3.49. The van der Waals surface area contributed by atoms with Crippen molar-refractivity contribution in [2.75, 3.05) is 0 Å². The summed E-state index contributed by atoms with van der Waals surface area (Å²) in [5, 5.41) is 6.01. The number of allylic oxidation sites excluding steroid dienone is 1.